The van der Waals surface area contributed by atoms with Crippen molar-refractivity contribution in [2.75, 3.05) is 39.5 Å². The Kier molecular flexibility index (Phi) is 13.5. The number of hydrogen-bond acceptors (Lipinski definition) is 15. The highest BCUT2D eigenvalue weighted by Crippen LogP contribution is 2.65. The molecular weight excluding hydrogens is 841 g/mol. The van der Waals surface area contributed by atoms with Gasteiger partial charge in [0.05, 0.1) is 48.9 Å². The minimum absolute atomic E-state index is 0.0839. The number of fused-ring (bicyclic) bond motifs is 5. The van der Waals surface area contributed by atoms with Crippen LogP contribution in [-0.2, 0) is 42.8 Å². The number of esters is 3. The summed E-state index contributed by atoms with van der Waals surface area (Å²) in [4.78, 5) is 73.3. The van der Waals surface area contributed by atoms with Gasteiger partial charge in [-0.3, -0.25) is 14.5 Å². The Bertz CT molecular complexity index is 2150. The fourth-order valence-corrected chi connectivity index (χ4v) is 11.2. The molecule has 1 amide bonds. The molecule has 2 aromatic carbocycles. The third kappa shape index (κ3) is 8.85. The number of Topliss-reactive ketones (excluding diaryl/α,β-unsaturated/α-hetero) is 1. The van der Waals surface area contributed by atoms with Crippen molar-refractivity contribution in [3.8, 4) is 0 Å². The second kappa shape index (κ2) is 18.2. The van der Waals surface area contributed by atoms with Gasteiger partial charge in [-0.15, -0.1) is 0 Å². The predicted octanol–water partition coefficient (Wildman–Crippen LogP) is 4.24. The first-order chi connectivity index (χ1) is 30.5. The van der Waals surface area contributed by atoms with Crippen molar-refractivity contribution in [2.45, 2.75) is 128 Å². The number of morpholine rings is 1. The lowest BCUT2D eigenvalue weighted by atomic mass is 9.43. The number of benzene rings is 2. The SMILES string of the molecule is CC(=O)O[C@@]12CO[C@@H]1C[C@H](O)[C@@]1(C)C(=O)[C@H](CCN3CCOCC3)C3=C(C)[C@@H](OC(=O)[C@H](O)[C@@H](NC(=O)OC(C)(C)C)c4ccccc4)C[C@@](O)([C@@H](OC(=O)c4ccccc4)[C@H]21)C3(C)C. The molecule has 4 N–H and O–H groups in total. The molecule has 7 rings (SSSR count). The predicted molar refractivity (Wildman–Crippen MR) is 233 cm³/mol. The Hall–Kier alpha value is -4.71. The Morgan fingerprint density at radius 3 is 2.18 bits per heavy atom. The first-order valence-corrected chi connectivity index (χ1v) is 22.5. The molecular formula is C49H64N2O14. The minimum atomic E-state index is -2.23. The summed E-state index contributed by atoms with van der Waals surface area (Å²) >= 11 is 0. The average Bonchev–Trinajstić information content (AvgIpc) is 3.25. The molecule has 16 heteroatoms. The zero-order valence-corrected chi connectivity index (χ0v) is 38.5. The van der Waals surface area contributed by atoms with Crippen LogP contribution in [0.2, 0.25) is 0 Å². The van der Waals surface area contributed by atoms with Crippen LogP contribution in [0.3, 0.4) is 0 Å². The van der Waals surface area contributed by atoms with Gasteiger partial charge in [-0.2, -0.15) is 0 Å². The van der Waals surface area contributed by atoms with Crippen molar-refractivity contribution in [3.63, 3.8) is 0 Å². The summed E-state index contributed by atoms with van der Waals surface area (Å²) in [6.07, 6.45) is -8.57. The highest BCUT2D eigenvalue weighted by Gasteiger charge is 2.78. The second-order valence-corrected chi connectivity index (χ2v) is 20.0. The number of hydrogen-bond donors (Lipinski definition) is 4. The molecule has 65 heavy (non-hydrogen) atoms. The summed E-state index contributed by atoms with van der Waals surface area (Å²) in [7, 11) is 0. The molecule has 2 saturated heterocycles. The molecule has 3 aliphatic carbocycles. The summed E-state index contributed by atoms with van der Waals surface area (Å²) in [6.45, 7) is 15.5. The van der Waals surface area contributed by atoms with E-state index in [4.69, 9.17) is 28.4 Å². The van der Waals surface area contributed by atoms with E-state index in [0.717, 1.165) is 0 Å². The van der Waals surface area contributed by atoms with Crippen LogP contribution in [-0.4, -0.2) is 137 Å². The third-order valence-corrected chi connectivity index (χ3v) is 14.5. The maximum Gasteiger partial charge on any atom is 0.408 e. The van der Waals surface area contributed by atoms with E-state index in [1.165, 1.54) is 19.1 Å². The molecule has 5 aliphatic rings. The summed E-state index contributed by atoms with van der Waals surface area (Å²) in [6, 6.07) is 15.1. The number of carbonyl (C=O) groups is 5. The molecule has 354 valence electrons. The number of aliphatic hydroxyl groups excluding tert-OH is 2. The molecule has 2 bridgehead atoms. The topological polar surface area (TPSA) is 217 Å². The lowest BCUT2D eigenvalue weighted by molar-refractivity contribution is -0.345. The maximum absolute atomic E-state index is 16.0. The second-order valence-electron chi connectivity index (χ2n) is 20.0. The minimum Gasteiger partial charge on any atom is -0.456 e. The number of ether oxygens (including phenoxy) is 6. The number of amides is 1. The molecule has 2 heterocycles. The van der Waals surface area contributed by atoms with E-state index < -0.39 is 112 Å². The Morgan fingerprint density at radius 1 is 0.969 bits per heavy atom. The summed E-state index contributed by atoms with van der Waals surface area (Å²) in [5, 5.41) is 40.7. The molecule has 16 nitrogen and oxygen atoms in total. The summed E-state index contributed by atoms with van der Waals surface area (Å²) < 4.78 is 36.1. The van der Waals surface area contributed by atoms with Gasteiger partial charge < -0.3 is 49.1 Å². The van der Waals surface area contributed by atoms with E-state index in [0.29, 0.717) is 49.6 Å². The Labute approximate surface area is 379 Å². The first kappa shape index (κ1) is 48.2. The van der Waals surface area contributed by atoms with E-state index in [-0.39, 0.29) is 25.0 Å². The van der Waals surface area contributed by atoms with Crippen molar-refractivity contribution < 1.29 is 67.7 Å². The van der Waals surface area contributed by atoms with Crippen LogP contribution in [0.25, 0.3) is 0 Å². The average molecular weight is 905 g/mol. The molecule has 2 saturated carbocycles. The van der Waals surface area contributed by atoms with Gasteiger partial charge in [-0.05, 0) is 76.4 Å². The van der Waals surface area contributed by atoms with E-state index in [1.54, 1.807) is 97.0 Å². The molecule has 11 atom stereocenters. The van der Waals surface area contributed by atoms with Crippen LogP contribution in [0.1, 0.15) is 96.6 Å². The van der Waals surface area contributed by atoms with Crippen molar-refractivity contribution in [1.82, 2.24) is 10.2 Å². The van der Waals surface area contributed by atoms with Crippen molar-refractivity contribution >= 4 is 29.8 Å². The zero-order chi connectivity index (χ0) is 47.3. The zero-order valence-electron chi connectivity index (χ0n) is 38.5. The van der Waals surface area contributed by atoms with Crippen molar-refractivity contribution in [2.24, 2.45) is 22.7 Å². The van der Waals surface area contributed by atoms with Gasteiger partial charge in [0.1, 0.15) is 35.3 Å². The van der Waals surface area contributed by atoms with Crippen molar-refractivity contribution in [1.29, 1.82) is 0 Å². The smallest absolute Gasteiger partial charge is 0.408 e. The Morgan fingerprint density at radius 2 is 1.60 bits per heavy atom. The van der Waals surface area contributed by atoms with Gasteiger partial charge in [0.25, 0.3) is 0 Å². The van der Waals surface area contributed by atoms with E-state index in [2.05, 4.69) is 10.2 Å². The number of ketones is 1. The van der Waals surface area contributed by atoms with Crippen LogP contribution >= 0.6 is 0 Å². The standard InChI is InChI=1S/C49H64N2O14/c1-28-33(62-43(57)38(54)37(30-15-11-9-12-16-30)50-44(58)65-45(3,4)5)26-49(59)41(63-42(56)31-17-13-10-14-18-31)39-47(8,34(53)25-35-48(39,27-61-35)64-29(2)52)40(55)32(36(28)46(49,6)7)19-20-51-21-23-60-24-22-51/h9-18,32-35,37-39,41,53-54,59H,19-27H2,1-8H3,(H,50,58)/t32-,33+,34+,35-,37+,38-,39+,41+,47-,48+,49-/m1/s1. The molecule has 2 aromatic rings. The van der Waals surface area contributed by atoms with Gasteiger partial charge >= 0.3 is 24.0 Å². The molecule has 0 radical (unpaired) electrons. The number of nitrogens with zero attached hydrogens (tertiary/aromatic N) is 1. The van der Waals surface area contributed by atoms with Gasteiger partial charge in [0.15, 0.2) is 11.7 Å². The maximum atomic E-state index is 16.0. The summed E-state index contributed by atoms with van der Waals surface area (Å²) in [5.41, 5.74) is -6.67. The first-order valence-electron chi connectivity index (χ1n) is 22.5. The fraction of sp³-hybridized carbons (Fsp3) is 0.612. The number of carbonyl (C=O) groups excluding carboxylic acids is 5. The number of aliphatic hydroxyl groups is 3. The fourth-order valence-electron chi connectivity index (χ4n) is 11.2. The monoisotopic (exact) mass is 904 g/mol. The van der Waals surface area contributed by atoms with Gasteiger partial charge in [0, 0.05) is 44.2 Å². The van der Waals surface area contributed by atoms with Crippen LogP contribution in [0.4, 0.5) is 4.79 Å². The summed E-state index contributed by atoms with van der Waals surface area (Å²) in [5.74, 6) is -5.56. The van der Waals surface area contributed by atoms with Gasteiger partial charge in [0.2, 0.25) is 0 Å². The van der Waals surface area contributed by atoms with Crippen molar-refractivity contribution in [3.05, 3.63) is 82.9 Å². The van der Waals surface area contributed by atoms with E-state index >= 15 is 4.79 Å². The van der Waals surface area contributed by atoms with Gasteiger partial charge in [-0.25, -0.2) is 14.4 Å². The molecule has 4 fully saturated rings. The molecule has 0 unspecified atom stereocenters. The van der Waals surface area contributed by atoms with E-state index in [1.807, 2.05) is 0 Å². The Balaban J connectivity index is 1.39. The molecule has 0 spiro atoms. The van der Waals surface area contributed by atoms with Crippen LogP contribution in [0.15, 0.2) is 71.8 Å². The third-order valence-electron chi connectivity index (χ3n) is 14.5. The molecule has 0 aromatic heterocycles. The van der Waals surface area contributed by atoms with Crippen LogP contribution < -0.4 is 5.32 Å². The highest BCUT2D eigenvalue weighted by molar-refractivity contribution is 5.93. The lowest BCUT2D eigenvalue weighted by Gasteiger charge is -2.67. The van der Waals surface area contributed by atoms with E-state index in [9.17, 15) is 34.5 Å². The van der Waals surface area contributed by atoms with Gasteiger partial charge in [-0.1, -0.05) is 62.4 Å². The number of nitrogens with one attached hydrogen (secondary N) is 1. The molecule has 2 aliphatic heterocycles. The number of alkyl carbamates (subject to hydrolysis) is 1. The highest BCUT2D eigenvalue weighted by atomic mass is 16.6. The number of rotatable bonds is 11. The van der Waals surface area contributed by atoms with Crippen LogP contribution in [0.5, 0.6) is 0 Å². The largest absolute Gasteiger partial charge is 0.456 e. The normalized spacial score (nSPS) is 33.1. The van der Waals surface area contributed by atoms with Crippen LogP contribution in [0, 0.1) is 22.7 Å². The lowest BCUT2D eigenvalue weighted by Crippen LogP contribution is -2.81. The quantitative estimate of drug-likeness (QED) is 0.141.